The Morgan fingerprint density at radius 3 is 2.50 bits per heavy atom. The highest BCUT2D eigenvalue weighted by atomic mass is 32.2. The van der Waals surface area contributed by atoms with Crippen molar-refractivity contribution >= 4 is 21.9 Å². The van der Waals surface area contributed by atoms with Crippen LogP contribution in [0.15, 0.2) is 29.2 Å². The predicted molar refractivity (Wildman–Crippen MR) is 92.4 cm³/mol. The standard InChI is InChI=1S/C17H23FN2O5S/c1-3-17(2,16(22)23)19-15(21)12-5-4-10-20(11-12)26(24,25)14-8-6-13(18)7-9-14/h6-9,12H,3-5,10-11H2,1-2H3,(H,19,21)(H,22,23). The molecule has 1 fully saturated rings. The number of carboxylic acids is 1. The Morgan fingerprint density at radius 2 is 1.96 bits per heavy atom. The molecule has 2 N–H and O–H groups in total. The molecular formula is C17H23FN2O5S. The fraction of sp³-hybridized carbons (Fsp3) is 0.529. The molecule has 7 nitrogen and oxygen atoms in total. The molecule has 0 bridgehead atoms. The van der Waals surface area contributed by atoms with Gasteiger partial charge >= 0.3 is 5.97 Å². The van der Waals surface area contributed by atoms with Gasteiger partial charge in [0.25, 0.3) is 0 Å². The van der Waals surface area contributed by atoms with E-state index in [0.29, 0.717) is 12.8 Å². The summed E-state index contributed by atoms with van der Waals surface area (Å²) in [5, 5.41) is 11.8. The average Bonchev–Trinajstić information content (AvgIpc) is 2.61. The van der Waals surface area contributed by atoms with Gasteiger partial charge in [0.15, 0.2) is 0 Å². The number of carboxylic acid groups (broad SMARTS) is 1. The number of sulfonamides is 1. The number of piperidine rings is 1. The molecule has 1 aromatic rings. The quantitative estimate of drug-likeness (QED) is 0.773. The zero-order chi connectivity index (χ0) is 19.5. The molecule has 0 aliphatic carbocycles. The molecule has 26 heavy (non-hydrogen) atoms. The van der Waals surface area contributed by atoms with Crippen molar-refractivity contribution < 1.29 is 27.5 Å². The van der Waals surface area contributed by atoms with Crippen molar-refractivity contribution in [1.82, 2.24) is 9.62 Å². The molecule has 1 heterocycles. The van der Waals surface area contributed by atoms with E-state index >= 15 is 0 Å². The first-order chi connectivity index (χ1) is 12.1. The van der Waals surface area contributed by atoms with E-state index in [1.54, 1.807) is 6.92 Å². The van der Waals surface area contributed by atoms with Gasteiger partial charge in [-0.3, -0.25) is 4.79 Å². The number of nitrogens with one attached hydrogen (secondary N) is 1. The number of aliphatic carboxylic acids is 1. The van der Waals surface area contributed by atoms with Crippen LogP contribution < -0.4 is 5.32 Å². The Balaban J connectivity index is 2.14. The summed E-state index contributed by atoms with van der Waals surface area (Å²) >= 11 is 0. The van der Waals surface area contributed by atoms with Gasteiger partial charge in [-0.1, -0.05) is 6.92 Å². The van der Waals surface area contributed by atoms with E-state index in [9.17, 15) is 27.5 Å². The van der Waals surface area contributed by atoms with Crippen LogP contribution in [0.25, 0.3) is 0 Å². The topological polar surface area (TPSA) is 104 Å². The number of carbonyl (C=O) groups is 2. The number of hydrogen-bond donors (Lipinski definition) is 2. The first kappa shape index (κ1) is 20.3. The maximum absolute atomic E-state index is 13.0. The largest absolute Gasteiger partial charge is 0.480 e. The molecule has 0 saturated carbocycles. The highest BCUT2D eigenvalue weighted by Crippen LogP contribution is 2.25. The monoisotopic (exact) mass is 386 g/mol. The van der Waals surface area contributed by atoms with E-state index in [0.717, 1.165) is 12.1 Å². The number of hydrogen-bond acceptors (Lipinski definition) is 4. The molecule has 1 amide bonds. The van der Waals surface area contributed by atoms with Crippen molar-refractivity contribution in [3.8, 4) is 0 Å². The molecule has 2 atom stereocenters. The molecule has 1 aliphatic heterocycles. The van der Waals surface area contributed by atoms with E-state index in [1.807, 2.05) is 0 Å². The lowest BCUT2D eigenvalue weighted by Gasteiger charge is -2.33. The average molecular weight is 386 g/mol. The lowest BCUT2D eigenvalue weighted by atomic mass is 9.94. The van der Waals surface area contributed by atoms with Crippen molar-refractivity contribution in [2.45, 2.75) is 43.5 Å². The van der Waals surface area contributed by atoms with Crippen molar-refractivity contribution in [2.24, 2.45) is 5.92 Å². The third-order valence-corrected chi connectivity index (χ3v) is 6.66. The maximum Gasteiger partial charge on any atom is 0.329 e. The first-order valence-electron chi connectivity index (χ1n) is 8.41. The number of halogens is 1. The van der Waals surface area contributed by atoms with Crippen LogP contribution in [0.4, 0.5) is 4.39 Å². The van der Waals surface area contributed by atoms with Gasteiger partial charge in [0.1, 0.15) is 11.4 Å². The van der Waals surface area contributed by atoms with Crippen molar-refractivity contribution in [1.29, 1.82) is 0 Å². The van der Waals surface area contributed by atoms with Crippen LogP contribution in [0.2, 0.25) is 0 Å². The number of carbonyl (C=O) groups excluding carboxylic acids is 1. The second-order valence-corrected chi connectivity index (χ2v) is 8.57. The molecule has 2 unspecified atom stereocenters. The maximum atomic E-state index is 13.0. The molecule has 0 aromatic heterocycles. The number of nitrogens with zero attached hydrogens (tertiary/aromatic N) is 1. The van der Waals surface area contributed by atoms with Crippen LogP contribution >= 0.6 is 0 Å². The molecule has 0 spiro atoms. The molecule has 0 radical (unpaired) electrons. The van der Waals surface area contributed by atoms with Gasteiger partial charge in [0.2, 0.25) is 15.9 Å². The Morgan fingerprint density at radius 1 is 1.35 bits per heavy atom. The summed E-state index contributed by atoms with van der Waals surface area (Å²) in [6, 6.07) is 4.51. The molecule has 2 rings (SSSR count). The van der Waals surface area contributed by atoms with Gasteiger partial charge in [0, 0.05) is 13.1 Å². The number of rotatable bonds is 6. The fourth-order valence-corrected chi connectivity index (χ4v) is 4.32. The van der Waals surface area contributed by atoms with Gasteiger partial charge in [-0.25, -0.2) is 17.6 Å². The van der Waals surface area contributed by atoms with E-state index < -0.39 is 39.2 Å². The van der Waals surface area contributed by atoms with Crippen molar-refractivity contribution in [3.63, 3.8) is 0 Å². The van der Waals surface area contributed by atoms with Crippen LogP contribution in [-0.2, 0) is 19.6 Å². The SMILES string of the molecule is CCC(C)(NC(=O)C1CCCN(S(=O)(=O)c2ccc(F)cc2)C1)C(=O)O. The third kappa shape index (κ3) is 4.21. The minimum Gasteiger partial charge on any atom is -0.480 e. The Bertz CT molecular complexity index is 781. The second-order valence-electron chi connectivity index (χ2n) is 6.64. The van der Waals surface area contributed by atoms with Crippen LogP contribution in [0, 0.1) is 11.7 Å². The lowest BCUT2D eigenvalue weighted by molar-refractivity contribution is -0.147. The fourth-order valence-electron chi connectivity index (χ4n) is 2.80. The van der Waals surface area contributed by atoms with Crippen LogP contribution in [-0.4, -0.2) is 48.3 Å². The van der Waals surface area contributed by atoms with Gasteiger partial charge in [-0.15, -0.1) is 0 Å². The predicted octanol–water partition coefficient (Wildman–Crippen LogP) is 1.60. The van der Waals surface area contributed by atoms with E-state index in [-0.39, 0.29) is 24.4 Å². The van der Waals surface area contributed by atoms with Crippen LogP contribution in [0.5, 0.6) is 0 Å². The summed E-state index contributed by atoms with van der Waals surface area (Å²) < 4.78 is 39.6. The summed E-state index contributed by atoms with van der Waals surface area (Å²) in [7, 11) is -3.84. The number of amides is 1. The van der Waals surface area contributed by atoms with E-state index in [4.69, 9.17) is 0 Å². The summed E-state index contributed by atoms with van der Waals surface area (Å²) in [5.74, 6) is -2.78. The molecule has 1 aromatic carbocycles. The zero-order valence-corrected chi connectivity index (χ0v) is 15.6. The van der Waals surface area contributed by atoms with Gasteiger partial charge < -0.3 is 10.4 Å². The van der Waals surface area contributed by atoms with E-state index in [1.165, 1.54) is 23.4 Å². The van der Waals surface area contributed by atoms with Gasteiger partial charge in [-0.05, 0) is 50.5 Å². The number of benzene rings is 1. The molecule has 1 saturated heterocycles. The van der Waals surface area contributed by atoms with Gasteiger partial charge in [0.05, 0.1) is 10.8 Å². The van der Waals surface area contributed by atoms with Crippen molar-refractivity contribution in [3.05, 3.63) is 30.1 Å². The minimum atomic E-state index is -3.84. The summed E-state index contributed by atoms with van der Waals surface area (Å²) in [6.45, 7) is 3.29. The smallest absolute Gasteiger partial charge is 0.329 e. The highest BCUT2D eigenvalue weighted by Gasteiger charge is 2.38. The molecular weight excluding hydrogens is 363 g/mol. The summed E-state index contributed by atoms with van der Waals surface area (Å²) in [6.07, 6.45) is 1.16. The third-order valence-electron chi connectivity index (χ3n) is 4.78. The first-order valence-corrected chi connectivity index (χ1v) is 9.85. The Kier molecular flexibility index (Phi) is 6.02. The van der Waals surface area contributed by atoms with Crippen LogP contribution in [0.1, 0.15) is 33.1 Å². The Labute approximate surface area is 152 Å². The molecule has 1 aliphatic rings. The summed E-state index contributed by atoms with van der Waals surface area (Å²) in [5.41, 5.74) is -1.39. The molecule has 9 heteroatoms. The summed E-state index contributed by atoms with van der Waals surface area (Å²) in [4.78, 5) is 23.8. The molecule has 144 valence electrons. The normalized spacial score (nSPS) is 21.0. The van der Waals surface area contributed by atoms with E-state index in [2.05, 4.69) is 5.32 Å². The lowest BCUT2D eigenvalue weighted by Crippen LogP contribution is -2.55. The minimum absolute atomic E-state index is 0.0367. The van der Waals surface area contributed by atoms with Crippen LogP contribution in [0.3, 0.4) is 0 Å². The zero-order valence-electron chi connectivity index (χ0n) is 14.7. The highest BCUT2D eigenvalue weighted by molar-refractivity contribution is 7.89. The van der Waals surface area contributed by atoms with Crippen molar-refractivity contribution in [2.75, 3.05) is 13.1 Å². The Hall–Kier alpha value is -2.00. The van der Waals surface area contributed by atoms with Gasteiger partial charge in [-0.2, -0.15) is 4.31 Å². The second kappa shape index (κ2) is 7.71.